The summed E-state index contributed by atoms with van der Waals surface area (Å²) < 4.78 is 5.08. The number of amides is 1. The maximum absolute atomic E-state index is 12.8. The minimum absolute atomic E-state index is 0.117. The van der Waals surface area contributed by atoms with E-state index in [-0.39, 0.29) is 11.5 Å². The van der Waals surface area contributed by atoms with Crippen LogP contribution in [0.25, 0.3) is 0 Å². The van der Waals surface area contributed by atoms with E-state index in [1.807, 2.05) is 6.07 Å². The summed E-state index contributed by atoms with van der Waals surface area (Å²) in [6.45, 7) is 0. The van der Waals surface area contributed by atoms with Crippen LogP contribution in [0.1, 0.15) is 20.9 Å². The standard InChI is InChI=1S/C19H15ClN2O3/c20-14-9-4-5-10-15(14)21-18(17(23)13-7-2-1-3-8-13)22-19(24)16-11-6-12-25-16/h1-12,18,21H,(H,22,24)/t18-/m1/s1. The third-order valence-electron chi connectivity index (χ3n) is 3.51. The second kappa shape index (κ2) is 7.68. The predicted molar refractivity (Wildman–Crippen MR) is 95.8 cm³/mol. The highest BCUT2D eigenvalue weighted by Gasteiger charge is 2.24. The number of nitrogens with one attached hydrogen (secondary N) is 2. The molecule has 1 heterocycles. The summed E-state index contributed by atoms with van der Waals surface area (Å²) in [6, 6.07) is 18.8. The summed E-state index contributed by atoms with van der Waals surface area (Å²) in [5, 5.41) is 6.07. The van der Waals surface area contributed by atoms with Crippen molar-refractivity contribution in [3.05, 3.63) is 89.3 Å². The number of benzene rings is 2. The van der Waals surface area contributed by atoms with E-state index in [0.29, 0.717) is 16.3 Å². The van der Waals surface area contributed by atoms with Gasteiger partial charge in [0, 0.05) is 5.56 Å². The van der Waals surface area contributed by atoms with E-state index in [9.17, 15) is 9.59 Å². The van der Waals surface area contributed by atoms with Crippen LogP contribution in [-0.2, 0) is 0 Å². The Bertz CT molecular complexity index is 863. The summed E-state index contributed by atoms with van der Waals surface area (Å²) in [7, 11) is 0. The average Bonchev–Trinajstić information content (AvgIpc) is 3.18. The third kappa shape index (κ3) is 4.08. The molecule has 25 heavy (non-hydrogen) atoms. The summed E-state index contributed by atoms with van der Waals surface area (Å²) in [4.78, 5) is 25.1. The molecule has 2 N–H and O–H groups in total. The Kier molecular flexibility index (Phi) is 5.16. The number of rotatable bonds is 6. The first kappa shape index (κ1) is 16.8. The monoisotopic (exact) mass is 354 g/mol. The summed E-state index contributed by atoms with van der Waals surface area (Å²) in [6.07, 6.45) is 0.393. The Morgan fingerprint density at radius 1 is 0.920 bits per heavy atom. The largest absolute Gasteiger partial charge is 0.459 e. The fourth-order valence-corrected chi connectivity index (χ4v) is 2.47. The van der Waals surface area contributed by atoms with Crippen LogP contribution in [0.2, 0.25) is 5.02 Å². The Morgan fingerprint density at radius 3 is 2.32 bits per heavy atom. The molecule has 0 aliphatic heterocycles. The number of halogens is 1. The number of carbonyl (C=O) groups excluding carboxylic acids is 2. The van der Waals surface area contributed by atoms with E-state index >= 15 is 0 Å². The lowest BCUT2D eigenvalue weighted by Crippen LogP contribution is -2.46. The van der Waals surface area contributed by atoms with Gasteiger partial charge in [0.2, 0.25) is 5.78 Å². The molecule has 0 saturated heterocycles. The van der Waals surface area contributed by atoms with E-state index in [0.717, 1.165) is 0 Å². The molecule has 1 atom stereocenters. The van der Waals surface area contributed by atoms with E-state index in [1.165, 1.54) is 12.3 Å². The van der Waals surface area contributed by atoms with Gasteiger partial charge in [-0.15, -0.1) is 0 Å². The number of para-hydroxylation sites is 1. The maximum atomic E-state index is 12.8. The molecule has 2 aromatic carbocycles. The van der Waals surface area contributed by atoms with Gasteiger partial charge in [0.05, 0.1) is 17.0 Å². The number of ketones is 1. The summed E-state index contributed by atoms with van der Waals surface area (Å²) in [5.74, 6) is -0.675. The van der Waals surface area contributed by atoms with Crippen molar-refractivity contribution in [1.29, 1.82) is 0 Å². The van der Waals surface area contributed by atoms with E-state index in [4.69, 9.17) is 16.0 Å². The molecular formula is C19H15ClN2O3. The van der Waals surface area contributed by atoms with Crippen LogP contribution in [0.15, 0.2) is 77.4 Å². The molecule has 0 unspecified atom stereocenters. The minimum Gasteiger partial charge on any atom is -0.459 e. The SMILES string of the molecule is O=C(N[C@@H](Nc1ccccc1Cl)C(=O)c1ccccc1)c1ccco1. The van der Waals surface area contributed by atoms with Crippen LogP contribution in [0.5, 0.6) is 0 Å². The minimum atomic E-state index is -1.00. The molecule has 0 fully saturated rings. The Morgan fingerprint density at radius 2 is 1.64 bits per heavy atom. The maximum Gasteiger partial charge on any atom is 0.288 e. The van der Waals surface area contributed by atoms with Gasteiger partial charge in [-0.05, 0) is 24.3 Å². The van der Waals surface area contributed by atoms with Gasteiger partial charge in [-0.2, -0.15) is 0 Å². The molecule has 0 aliphatic rings. The smallest absolute Gasteiger partial charge is 0.288 e. The molecule has 3 rings (SSSR count). The number of hydrogen-bond acceptors (Lipinski definition) is 4. The Labute approximate surface area is 149 Å². The lowest BCUT2D eigenvalue weighted by molar-refractivity contribution is 0.0853. The van der Waals surface area contributed by atoms with Gasteiger partial charge in [-0.25, -0.2) is 0 Å². The normalized spacial score (nSPS) is 11.6. The van der Waals surface area contributed by atoms with Gasteiger partial charge >= 0.3 is 0 Å². The molecule has 1 amide bonds. The van der Waals surface area contributed by atoms with Gasteiger partial charge in [0.15, 0.2) is 11.9 Å². The first-order valence-electron chi connectivity index (χ1n) is 7.60. The molecule has 0 radical (unpaired) electrons. The fourth-order valence-electron chi connectivity index (χ4n) is 2.28. The van der Waals surface area contributed by atoms with Crippen LogP contribution < -0.4 is 10.6 Å². The van der Waals surface area contributed by atoms with Crippen molar-refractivity contribution >= 4 is 29.0 Å². The van der Waals surface area contributed by atoms with E-state index in [1.54, 1.807) is 54.6 Å². The van der Waals surface area contributed by atoms with Crippen molar-refractivity contribution in [3.63, 3.8) is 0 Å². The zero-order chi connectivity index (χ0) is 17.6. The average molecular weight is 355 g/mol. The second-order valence-electron chi connectivity index (χ2n) is 5.24. The van der Waals surface area contributed by atoms with Gasteiger partial charge < -0.3 is 15.1 Å². The summed E-state index contributed by atoms with van der Waals surface area (Å²) >= 11 is 6.15. The van der Waals surface area contributed by atoms with Crippen molar-refractivity contribution in [2.24, 2.45) is 0 Å². The Balaban J connectivity index is 1.86. The molecule has 0 bridgehead atoms. The number of anilines is 1. The van der Waals surface area contributed by atoms with Gasteiger partial charge in [-0.3, -0.25) is 9.59 Å². The molecule has 126 valence electrons. The first-order valence-corrected chi connectivity index (χ1v) is 7.97. The zero-order valence-electron chi connectivity index (χ0n) is 13.1. The third-order valence-corrected chi connectivity index (χ3v) is 3.84. The van der Waals surface area contributed by atoms with Gasteiger partial charge in [-0.1, -0.05) is 54.1 Å². The van der Waals surface area contributed by atoms with Gasteiger partial charge in [0.1, 0.15) is 0 Å². The predicted octanol–water partition coefficient (Wildman–Crippen LogP) is 3.98. The number of Topliss-reactive ketones (excluding diaryl/α,β-unsaturated/α-hetero) is 1. The van der Waals surface area contributed by atoms with Crippen LogP contribution >= 0.6 is 11.6 Å². The fraction of sp³-hybridized carbons (Fsp3) is 0.0526. The van der Waals surface area contributed by atoms with E-state index in [2.05, 4.69) is 10.6 Å². The highest BCUT2D eigenvalue weighted by Crippen LogP contribution is 2.21. The topological polar surface area (TPSA) is 71.3 Å². The molecule has 0 saturated carbocycles. The van der Waals surface area contributed by atoms with Crippen LogP contribution in [-0.4, -0.2) is 17.9 Å². The first-order chi connectivity index (χ1) is 12.1. The number of furan rings is 1. The van der Waals surface area contributed by atoms with Crippen molar-refractivity contribution in [1.82, 2.24) is 5.32 Å². The van der Waals surface area contributed by atoms with E-state index < -0.39 is 12.1 Å². The molecular weight excluding hydrogens is 340 g/mol. The van der Waals surface area contributed by atoms with Crippen LogP contribution in [0.4, 0.5) is 5.69 Å². The zero-order valence-corrected chi connectivity index (χ0v) is 13.9. The number of carbonyl (C=O) groups is 2. The van der Waals surface area contributed by atoms with Crippen LogP contribution in [0, 0.1) is 0 Å². The molecule has 0 aliphatic carbocycles. The highest BCUT2D eigenvalue weighted by molar-refractivity contribution is 6.33. The summed E-state index contributed by atoms with van der Waals surface area (Å²) in [5.41, 5.74) is 1.00. The lowest BCUT2D eigenvalue weighted by atomic mass is 10.1. The molecule has 3 aromatic rings. The lowest BCUT2D eigenvalue weighted by Gasteiger charge is -2.20. The van der Waals surface area contributed by atoms with Crippen molar-refractivity contribution < 1.29 is 14.0 Å². The molecule has 5 nitrogen and oxygen atoms in total. The van der Waals surface area contributed by atoms with Crippen molar-refractivity contribution in [3.8, 4) is 0 Å². The second-order valence-corrected chi connectivity index (χ2v) is 5.65. The van der Waals surface area contributed by atoms with Crippen LogP contribution in [0.3, 0.4) is 0 Å². The Hall–Kier alpha value is -3.05. The van der Waals surface area contributed by atoms with Crippen molar-refractivity contribution in [2.45, 2.75) is 6.17 Å². The quantitative estimate of drug-likeness (QED) is 0.518. The highest BCUT2D eigenvalue weighted by atomic mass is 35.5. The van der Waals surface area contributed by atoms with Crippen molar-refractivity contribution in [2.75, 3.05) is 5.32 Å². The number of hydrogen-bond donors (Lipinski definition) is 2. The molecule has 6 heteroatoms. The molecule has 1 aromatic heterocycles. The molecule has 0 spiro atoms. The van der Waals surface area contributed by atoms with Gasteiger partial charge in [0.25, 0.3) is 5.91 Å².